The highest BCUT2D eigenvalue weighted by Gasteiger charge is 2.31. The first-order valence-electron chi connectivity index (χ1n) is 8.13. The van der Waals surface area contributed by atoms with Gasteiger partial charge in [0.25, 0.3) is 0 Å². The van der Waals surface area contributed by atoms with E-state index in [0.29, 0.717) is 18.9 Å². The Morgan fingerprint density at radius 1 is 1.35 bits per heavy atom. The normalized spacial score (nSPS) is 21.3. The molecule has 1 heterocycles. The lowest BCUT2D eigenvalue weighted by molar-refractivity contribution is -0.122. The number of amides is 1. The Morgan fingerprint density at radius 3 is 2.61 bits per heavy atom. The van der Waals surface area contributed by atoms with Crippen molar-refractivity contribution in [3.8, 4) is 0 Å². The molecule has 1 aromatic rings. The second kappa shape index (κ2) is 7.93. The summed E-state index contributed by atoms with van der Waals surface area (Å²) in [5.41, 5.74) is 1.23. The van der Waals surface area contributed by atoms with E-state index in [1.54, 1.807) is 0 Å². The molecular weight excluding hydrogens is 312 g/mol. The minimum absolute atomic E-state index is 0.0400. The first-order chi connectivity index (χ1) is 10.9. The summed E-state index contributed by atoms with van der Waals surface area (Å²) in [6, 6.07) is 10.1. The predicted molar refractivity (Wildman–Crippen MR) is 92.2 cm³/mol. The Bertz CT molecular complexity index is 616. The van der Waals surface area contributed by atoms with E-state index in [1.807, 2.05) is 30.1 Å². The average molecular weight is 338 g/mol. The van der Waals surface area contributed by atoms with Crippen LogP contribution >= 0.6 is 0 Å². The second-order valence-electron chi connectivity index (χ2n) is 6.29. The minimum atomic E-state index is -2.92. The van der Waals surface area contributed by atoms with E-state index < -0.39 is 9.84 Å². The summed E-state index contributed by atoms with van der Waals surface area (Å²) in [5.74, 6) is 0.650. The van der Waals surface area contributed by atoms with E-state index >= 15 is 0 Å². The van der Waals surface area contributed by atoms with Crippen LogP contribution in [-0.2, 0) is 14.6 Å². The molecule has 1 aliphatic rings. The second-order valence-corrected chi connectivity index (χ2v) is 8.52. The zero-order valence-corrected chi connectivity index (χ0v) is 14.7. The van der Waals surface area contributed by atoms with Crippen LogP contribution in [0.15, 0.2) is 30.3 Å². The van der Waals surface area contributed by atoms with Crippen LogP contribution in [0.3, 0.4) is 0 Å². The molecule has 1 aliphatic heterocycles. The molecule has 0 unspecified atom stereocenters. The number of hydrogen-bond donors (Lipinski definition) is 1. The quantitative estimate of drug-likeness (QED) is 0.816. The molecule has 0 saturated carbocycles. The van der Waals surface area contributed by atoms with E-state index in [2.05, 4.69) is 24.4 Å². The fourth-order valence-corrected chi connectivity index (χ4v) is 4.80. The molecule has 1 N–H and O–H groups in total. The largest absolute Gasteiger partial charge is 0.354 e. The van der Waals surface area contributed by atoms with E-state index in [4.69, 9.17) is 0 Å². The van der Waals surface area contributed by atoms with Crippen LogP contribution in [-0.4, -0.2) is 56.9 Å². The molecule has 0 radical (unpaired) electrons. The third-order valence-corrected chi connectivity index (χ3v) is 6.28. The first-order valence-corrected chi connectivity index (χ1v) is 9.95. The van der Waals surface area contributed by atoms with Gasteiger partial charge in [-0.15, -0.1) is 0 Å². The number of hydrogen-bond acceptors (Lipinski definition) is 4. The van der Waals surface area contributed by atoms with Crippen LogP contribution in [0.25, 0.3) is 0 Å². The summed E-state index contributed by atoms with van der Waals surface area (Å²) in [6.07, 6.45) is 1.58. The Hall–Kier alpha value is -1.40. The molecule has 23 heavy (non-hydrogen) atoms. The van der Waals surface area contributed by atoms with Crippen LogP contribution in [0.2, 0.25) is 0 Å². The Labute approximate surface area is 139 Å². The number of likely N-dealkylation sites (N-methyl/N-ethyl adjacent to an activating group) is 1. The summed E-state index contributed by atoms with van der Waals surface area (Å²) in [5, 5.41) is 2.98. The molecule has 2 rings (SSSR count). The van der Waals surface area contributed by atoms with Crippen LogP contribution in [0.5, 0.6) is 0 Å². The standard InChI is InChI=1S/C17H26N2O3S/c1-3-14(15-7-5-4-6-8-15)11-18-17(20)12-19(2)16-9-10-23(21,22)13-16/h4-8,14,16H,3,9-13H2,1-2H3,(H,18,20)/t14-,16+/m0/s1. The summed E-state index contributed by atoms with van der Waals surface area (Å²) >= 11 is 0. The highest BCUT2D eigenvalue weighted by Crippen LogP contribution is 2.18. The van der Waals surface area contributed by atoms with Crippen molar-refractivity contribution >= 4 is 15.7 Å². The molecule has 1 aromatic carbocycles. The van der Waals surface area contributed by atoms with Gasteiger partial charge < -0.3 is 5.32 Å². The highest BCUT2D eigenvalue weighted by atomic mass is 32.2. The monoisotopic (exact) mass is 338 g/mol. The van der Waals surface area contributed by atoms with Gasteiger partial charge in [0.05, 0.1) is 18.1 Å². The van der Waals surface area contributed by atoms with Crippen LogP contribution in [0, 0.1) is 0 Å². The van der Waals surface area contributed by atoms with Crippen molar-refractivity contribution in [3.63, 3.8) is 0 Å². The summed E-state index contributed by atoms with van der Waals surface area (Å²) in [7, 11) is -1.10. The SMILES string of the molecule is CC[C@@H](CNC(=O)CN(C)[C@@H]1CCS(=O)(=O)C1)c1ccccc1. The average Bonchev–Trinajstić information content (AvgIpc) is 2.89. The van der Waals surface area contributed by atoms with Crippen molar-refractivity contribution in [1.82, 2.24) is 10.2 Å². The number of carbonyl (C=O) groups excluding carboxylic acids is 1. The zero-order chi connectivity index (χ0) is 16.9. The third kappa shape index (κ3) is 5.32. The van der Waals surface area contributed by atoms with Gasteiger partial charge in [0.2, 0.25) is 5.91 Å². The van der Waals surface area contributed by atoms with Gasteiger partial charge in [-0.2, -0.15) is 0 Å². The number of benzene rings is 1. The Balaban J connectivity index is 1.80. The maximum Gasteiger partial charge on any atom is 0.234 e. The molecule has 2 atom stereocenters. The van der Waals surface area contributed by atoms with Crippen molar-refractivity contribution in [2.45, 2.75) is 31.7 Å². The van der Waals surface area contributed by atoms with Gasteiger partial charge in [-0.1, -0.05) is 37.3 Å². The van der Waals surface area contributed by atoms with Gasteiger partial charge in [-0.05, 0) is 25.5 Å². The van der Waals surface area contributed by atoms with Crippen LogP contribution in [0.1, 0.15) is 31.2 Å². The number of sulfone groups is 1. The summed E-state index contributed by atoms with van der Waals surface area (Å²) in [4.78, 5) is 14.0. The van der Waals surface area contributed by atoms with E-state index in [-0.39, 0.29) is 30.0 Å². The lowest BCUT2D eigenvalue weighted by Gasteiger charge is -2.23. The van der Waals surface area contributed by atoms with E-state index in [1.165, 1.54) is 5.56 Å². The van der Waals surface area contributed by atoms with Gasteiger partial charge >= 0.3 is 0 Å². The van der Waals surface area contributed by atoms with Crippen molar-refractivity contribution in [1.29, 1.82) is 0 Å². The van der Waals surface area contributed by atoms with E-state index in [9.17, 15) is 13.2 Å². The fourth-order valence-electron chi connectivity index (χ4n) is 2.99. The minimum Gasteiger partial charge on any atom is -0.354 e. The van der Waals surface area contributed by atoms with Crippen LogP contribution in [0.4, 0.5) is 0 Å². The molecule has 0 aromatic heterocycles. The molecule has 5 nitrogen and oxygen atoms in total. The van der Waals surface area contributed by atoms with Crippen molar-refractivity contribution in [3.05, 3.63) is 35.9 Å². The van der Waals surface area contributed by atoms with E-state index in [0.717, 1.165) is 6.42 Å². The lowest BCUT2D eigenvalue weighted by atomic mass is 9.96. The predicted octanol–water partition coefficient (Wildman–Crippen LogP) is 1.42. The molecule has 0 spiro atoms. The number of nitrogens with one attached hydrogen (secondary N) is 1. The van der Waals surface area contributed by atoms with Gasteiger partial charge in [0.1, 0.15) is 0 Å². The maximum absolute atomic E-state index is 12.1. The van der Waals surface area contributed by atoms with Gasteiger partial charge in [-0.3, -0.25) is 9.69 Å². The zero-order valence-electron chi connectivity index (χ0n) is 13.9. The highest BCUT2D eigenvalue weighted by molar-refractivity contribution is 7.91. The summed E-state index contributed by atoms with van der Waals surface area (Å²) in [6.45, 7) is 2.96. The number of carbonyl (C=O) groups is 1. The van der Waals surface area contributed by atoms with Crippen molar-refractivity contribution in [2.75, 3.05) is 31.6 Å². The topological polar surface area (TPSA) is 66.5 Å². The Kier molecular flexibility index (Phi) is 6.18. The summed E-state index contributed by atoms with van der Waals surface area (Å²) < 4.78 is 23.0. The molecule has 128 valence electrons. The molecule has 1 saturated heterocycles. The molecule has 1 amide bonds. The molecule has 6 heteroatoms. The molecule has 0 bridgehead atoms. The smallest absolute Gasteiger partial charge is 0.234 e. The maximum atomic E-state index is 12.1. The first kappa shape index (κ1) is 17.9. The van der Waals surface area contributed by atoms with Gasteiger partial charge in [0.15, 0.2) is 9.84 Å². The number of rotatable bonds is 7. The van der Waals surface area contributed by atoms with Gasteiger partial charge in [-0.25, -0.2) is 8.42 Å². The molecule has 0 aliphatic carbocycles. The van der Waals surface area contributed by atoms with Crippen molar-refractivity contribution < 1.29 is 13.2 Å². The molecule has 1 fully saturated rings. The van der Waals surface area contributed by atoms with Gasteiger partial charge in [0, 0.05) is 18.5 Å². The lowest BCUT2D eigenvalue weighted by Crippen LogP contribution is -2.42. The Morgan fingerprint density at radius 2 is 2.04 bits per heavy atom. The van der Waals surface area contributed by atoms with Crippen molar-refractivity contribution in [2.24, 2.45) is 0 Å². The third-order valence-electron chi connectivity index (χ3n) is 4.53. The number of nitrogens with zero attached hydrogens (tertiary/aromatic N) is 1. The van der Waals surface area contributed by atoms with Crippen LogP contribution < -0.4 is 5.32 Å². The fraction of sp³-hybridized carbons (Fsp3) is 0.588. The molecular formula is C17H26N2O3S.